The number of amides is 1. The van der Waals surface area contributed by atoms with Crippen LogP contribution in [0.2, 0.25) is 0 Å². The van der Waals surface area contributed by atoms with Gasteiger partial charge in [-0.1, -0.05) is 0 Å². The van der Waals surface area contributed by atoms with Crippen molar-refractivity contribution in [2.45, 2.75) is 19.9 Å². The zero-order chi connectivity index (χ0) is 18.3. The quantitative estimate of drug-likeness (QED) is 0.716. The largest absolute Gasteiger partial charge is 0.361 e. The first-order valence-corrected chi connectivity index (χ1v) is 10.7. The third-order valence-corrected chi connectivity index (χ3v) is 7.32. The number of thiazole rings is 1. The van der Waals surface area contributed by atoms with E-state index in [0.29, 0.717) is 30.2 Å². The summed E-state index contributed by atoms with van der Waals surface area (Å²) in [7, 11) is -3.21. The Morgan fingerprint density at radius 2 is 2.23 bits per heavy atom. The van der Waals surface area contributed by atoms with Crippen LogP contribution in [0.3, 0.4) is 0 Å². The molecule has 0 saturated heterocycles. The van der Waals surface area contributed by atoms with Gasteiger partial charge in [0.1, 0.15) is 0 Å². The molecule has 7 nitrogen and oxygen atoms in total. The van der Waals surface area contributed by atoms with E-state index in [1.807, 2.05) is 24.4 Å². The molecule has 1 aliphatic heterocycles. The lowest BCUT2D eigenvalue weighted by molar-refractivity contribution is 0.102. The van der Waals surface area contributed by atoms with Gasteiger partial charge >= 0.3 is 0 Å². The Bertz CT molecular complexity index is 1080. The number of benzene rings is 1. The first kappa shape index (κ1) is 17.2. The smallest absolute Gasteiger partial charge is 0.257 e. The molecule has 0 spiro atoms. The summed E-state index contributed by atoms with van der Waals surface area (Å²) in [4.78, 5) is 21.0. The van der Waals surface area contributed by atoms with Gasteiger partial charge in [0, 0.05) is 47.1 Å². The Balaban J connectivity index is 1.52. The second-order valence-electron chi connectivity index (χ2n) is 6.11. The Hall–Kier alpha value is -2.23. The van der Waals surface area contributed by atoms with E-state index >= 15 is 0 Å². The van der Waals surface area contributed by atoms with Gasteiger partial charge < -0.3 is 4.98 Å². The molecular weight excluding hydrogens is 372 g/mol. The zero-order valence-electron chi connectivity index (χ0n) is 14.2. The van der Waals surface area contributed by atoms with Crippen molar-refractivity contribution in [1.82, 2.24) is 14.3 Å². The predicted octanol–water partition coefficient (Wildman–Crippen LogP) is 2.58. The molecule has 0 atom stereocenters. The molecule has 1 amide bonds. The van der Waals surface area contributed by atoms with E-state index < -0.39 is 10.0 Å². The minimum absolute atomic E-state index is 0.0896. The van der Waals surface area contributed by atoms with Crippen molar-refractivity contribution in [1.29, 1.82) is 0 Å². The fraction of sp³-hybridized carbons (Fsp3) is 0.294. The van der Waals surface area contributed by atoms with Crippen molar-refractivity contribution in [3.63, 3.8) is 0 Å². The Labute approximate surface area is 155 Å². The van der Waals surface area contributed by atoms with Crippen molar-refractivity contribution in [3.8, 4) is 0 Å². The number of nitrogens with zero attached hydrogens (tertiary/aromatic N) is 2. The van der Waals surface area contributed by atoms with Gasteiger partial charge in [-0.05, 0) is 31.2 Å². The van der Waals surface area contributed by atoms with Gasteiger partial charge in [-0.25, -0.2) is 13.4 Å². The molecular formula is C17H18N4O3S2. The highest BCUT2D eigenvalue weighted by Gasteiger charge is 2.28. The molecule has 1 aliphatic rings. The number of carbonyl (C=O) groups excluding carboxylic acids is 1. The average molecular weight is 390 g/mol. The molecule has 0 bridgehead atoms. The van der Waals surface area contributed by atoms with Gasteiger partial charge in [-0.2, -0.15) is 4.31 Å². The fourth-order valence-corrected chi connectivity index (χ4v) is 5.17. The number of fused-ring (bicyclic) bond motifs is 2. The number of anilines is 1. The van der Waals surface area contributed by atoms with Crippen LogP contribution in [-0.2, 0) is 23.0 Å². The molecule has 4 rings (SSSR count). The Morgan fingerprint density at radius 3 is 3.04 bits per heavy atom. The molecule has 3 heterocycles. The second-order valence-corrected chi connectivity index (χ2v) is 9.45. The van der Waals surface area contributed by atoms with E-state index in [9.17, 15) is 13.2 Å². The average Bonchev–Trinajstić information content (AvgIpc) is 3.26. The third-order valence-electron chi connectivity index (χ3n) is 4.49. The third kappa shape index (κ3) is 3.13. The summed E-state index contributed by atoms with van der Waals surface area (Å²) in [6.07, 6.45) is 2.40. The van der Waals surface area contributed by atoms with E-state index in [-0.39, 0.29) is 11.7 Å². The predicted molar refractivity (Wildman–Crippen MR) is 102 cm³/mol. The van der Waals surface area contributed by atoms with Crippen molar-refractivity contribution in [2.75, 3.05) is 17.6 Å². The highest BCUT2D eigenvalue weighted by Crippen LogP contribution is 2.30. The summed E-state index contributed by atoms with van der Waals surface area (Å²) in [5.41, 5.74) is 2.40. The monoisotopic (exact) mass is 390 g/mol. The van der Waals surface area contributed by atoms with E-state index in [1.54, 1.807) is 13.0 Å². The van der Waals surface area contributed by atoms with Crippen LogP contribution in [0.4, 0.5) is 5.13 Å². The van der Waals surface area contributed by atoms with Gasteiger partial charge in [0.05, 0.1) is 11.4 Å². The number of hydrogen-bond acceptors (Lipinski definition) is 5. The summed E-state index contributed by atoms with van der Waals surface area (Å²) < 4.78 is 25.6. The summed E-state index contributed by atoms with van der Waals surface area (Å²) >= 11 is 1.34. The zero-order valence-corrected chi connectivity index (χ0v) is 15.8. The number of aromatic amines is 1. The maximum atomic E-state index is 12.5. The molecule has 9 heteroatoms. The van der Waals surface area contributed by atoms with Crippen LogP contribution in [0.25, 0.3) is 10.9 Å². The van der Waals surface area contributed by atoms with Gasteiger partial charge in [0.25, 0.3) is 5.91 Å². The van der Waals surface area contributed by atoms with Crippen LogP contribution in [0.1, 0.15) is 27.9 Å². The van der Waals surface area contributed by atoms with E-state index in [0.717, 1.165) is 21.5 Å². The molecule has 136 valence electrons. The molecule has 2 aromatic heterocycles. The lowest BCUT2D eigenvalue weighted by Crippen LogP contribution is -2.36. The summed E-state index contributed by atoms with van der Waals surface area (Å²) in [6.45, 7) is 2.41. The molecule has 0 unspecified atom stereocenters. The summed E-state index contributed by atoms with van der Waals surface area (Å²) in [5.74, 6) is -0.135. The standard InChI is InChI=1S/C17H18N4O3S2/c1-2-26(23,24)21-8-6-14-15(10-21)25-17(19-14)20-16(22)12-3-4-13-11(9-12)5-7-18-13/h3-5,7,9,18H,2,6,8,10H2,1H3,(H,19,20,22). The van der Waals surface area contributed by atoms with Gasteiger partial charge in [-0.3, -0.25) is 10.1 Å². The Kier molecular flexibility index (Phi) is 4.29. The number of sulfonamides is 1. The van der Waals surface area contributed by atoms with Crippen molar-refractivity contribution < 1.29 is 13.2 Å². The topological polar surface area (TPSA) is 95.2 Å². The SMILES string of the molecule is CCS(=O)(=O)N1CCc2nc(NC(=O)c3ccc4[nH]ccc4c3)sc2C1. The number of carbonyl (C=O) groups is 1. The van der Waals surface area contributed by atoms with Crippen LogP contribution in [-0.4, -0.2) is 40.9 Å². The normalized spacial score (nSPS) is 15.1. The van der Waals surface area contributed by atoms with Crippen molar-refractivity contribution in [3.05, 3.63) is 46.6 Å². The van der Waals surface area contributed by atoms with Crippen LogP contribution in [0.15, 0.2) is 30.5 Å². The summed E-state index contributed by atoms with van der Waals surface area (Å²) in [6, 6.07) is 7.36. The maximum absolute atomic E-state index is 12.5. The fourth-order valence-electron chi connectivity index (χ4n) is 3.01. The van der Waals surface area contributed by atoms with Gasteiger partial charge in [0.15, 0.2) is 5.13 Å². The van der Waals surface area contributed by atoms with E-state index in [1.165, 1.54) is 15.6 Å². The highest BCUT2D eigenvalue weighted by molar-refractivity contribution is 7.89. The number of aromatic nitrogens is 2. The molecule has 0 aliphatic carbocycles. The van der Waals surface area contributed by atoms with Crippen LogP contribution in [0, 0.1) is 0 Å². The van der Waals surface area contributed by atoms with Crippen molar-refractivity contribution in [2.24, 2.45) is 0 Å². The highest BCUT2D eigenvalue weighted by atomic mass is 32.2. The lowest BCUT2D eigenvalue weighted by Gasteiger charge is -2.24. The minimum atomic E-state index is -3.21. The second kappa shape index (κ2) is 6.49. The summed E-state index contributed by atoms with van der Waals surface area (Å²) in [5, 5.41) is 4.30. The minimum Gasteiger partial charge on any atom is -0.361 e. The maximum Gasteiger partial charge on any atom is 0.257 e. The van der Waals surface area contributed by atoms with E-state index in [2.05, 4.69) is 15.3 Å². The molecule has 1 aromatic carbocycles. The molecule has 26 heavy (non-hydrogen) atoms. The lowest BCUT2D eigenvalue weighted by atomic mass is 10.1. The number of rotatable bonds is 4. The molecule has 2 N–H and O–H groups in total. The van der Waals surface area contributed by atoms with Crippen LogP contribution >= 0.6 is 11.3 Å². The number of hydrogen-bond donors (Lipinski definition) is 2. The van der Waals surface area contributed by atoms with Gasteiger partial charge in [-0.15, -0.1) is 11.3 Å². The molecule has 3 aromatic rings. The number of nitrogens with one attached hydrogen (secondary N) is 2. The molecule has 0 radical (unpaired) electrons. The molecule has 0 saturated carbocycles. The van der Waals surface area contributed by atoms with Crippen molar-refractivity contribution >= 4 is 43.3 Å². The number of H-pyrrole nitrogens is 1. The van der Waals surface area contributed by atoms with E-state index in [4.69, 9.17) is 0 Å². The Morgan fingerprint density at radius 1 is 1.38 bits per heavy atom. The molecule has 0 fully saturated rings. The first-order chi connectivity index (χ1) is 12.5. The van der Waals surface area contributed by atoms with Gasteiger partial charge in [0.2, 0.25) is 10.0 Å². The first-order valence-electron chi connectivity index (χ1n) is 8.31. The van der Waals surface area contributed by atoms with Crippen LogP contribution < -0.4 is 5.32 Å². The van der Waals surface area contributed by atoms with Crippen LogP contribution in [0.5, 0.6) is 0 Å².